The number of urea groups is 1. The minimum atomic E-state index is -1.14. The maximum atomic E-state index is 12.4. The van der Waals surface area contributed by atoms with Gasteiger partial charge >= 0.3 is 6.03 Å². The first-order valence-corrected chi connectivity index (χ1v) is 7.49. The molecule has 1 fully saturated rings. The number of oxazole rings is 1. The van der Waals surface area contributed by atoms with E-state index in [-0.39, 0.29) is 12.1 Å². The summed E-state index contributed by atoms with van der Waals surface area (Å²) in [6, 6.07) is 3.16. The molecule has 8 nitrogen and oxygen atoms in total. The number of carbonyl (C=O) groups excluding carboxylic acids is 1. The average Bonchev–Trinajstić information content (AvgIpc) is 3.13. The Morgan fingerprint density at radius 1 is 1.38 bits per heavy atom. The second-order valence-electron chi connectivity index (χ2n) is 5.71. The number of amides is 2. The van der Waals surface area contributed by atoms with E-state index in [9.17, 15) is 4.79 Å². The molecule has 2 atom stereocenters. The van der Waals surface area contributed by atoms with Crippen LogP contribution in [0.4, 0.5) is 4.79 Å². The van der Waals surface area contributed by atoms with Gasteiger partial charge in [-0.25, -0.2) is 9.78 Å². The fourth-order valence-electron chi connectivity index (χ4n) is 3.33. The third kappa shape index (κ3) is 1.79. The van der Waals surface area contributed by atoms with Crippen LogP contribution >= 0.6 is 0 Å². The van der Waals surface area contributed by atoms with E-state index in [0.29, 0.717) is 29.6 Å². The van der Waals surface area contributed by atoms with Gasteiger partial charge < -0.3 is 23.9 Å². The second kappa shape index (κ2) is 5.05. The molecular formula is C16H17N3O5. The summed E-state index contributed by atoms with van der Waals surface area (Å²) in [7, 11) is 4.76. The first-order valence-electron chi connectivity index (χ1n) is 7.49. The quantitative estimate of drug-likeness (QED) is 0.926. The number of ether oxygens (including phenoxy) is 3. The van der Waals surface area contributed by atoms with Crippen molar-refractivity contribution in [3.63, 3.8) is 0 Å². The van der Waals surface area contributed by atoms with E-state index in [1.54, 1.807) is 27.3 Å². The lowest BCUT2D eigenvalue weighted by atomic mass is 9.89. The highest BCUT2D eigenvalue weighted by atomic mass is 16.6. The first-order chi connectivity index (χ1) is 11.6. The van der Waals surface area contributed by atoms with Crippen LogP contribution in [0.3, 0.4) is 0 Å². The van der Waals surface area contributed by atoms with E-state index >= 15 is 0 Å². The van der Waals surface area contributed by atoms with Gasteiger partial charge in [-0.05, 0) is 12.1 Å². The molecule has 24 heavy (non-hydrogen) atoms. The van der Waals surface area contributed by atoms with Crippen molar-refractivity contribution in [1.82, 2.24) is 15.2 Å². The Bertz CT molecular complexity index is 791. The second-order valence-corrected chi connectivity index (χ2v) is 5.71. The lowest BCUT2D eigenvalue weighted by molar-refractivity contribution is -0.112. The summed E-state index contributed by atoms with van der Waals surface area (Å²) in [4.78, 5) is 18.1. The zero-order valence-corrected chi connectivity index (χ0v) is 13.5. The Hall–Kier alpha value is -2.90. The number of nitrogens with zero attached hydrogens (tertiary/aromatic N) is 2. The molecule has 1 aromatic carbocycles. The Morgan fingerprint density at radius 3 is 2.88 bits per heavy atom. The van der Waals surface area contributed by atoms with Gasteiger partial charge in [-0.15, -0.1) is 0 Å². The summed E-state index contributed by atoms with van der Waals surface area (Å²) >= 11 is 0. The molecule has 0 aliphatic carbocycles. The topological polar surface area (TPSA) is 86.1 Å². The van der Waals surface area contributed by atoms with Crippen molar-refractivity contribution in [3.8, 4) is 17.2 Å². The fourth-order valence-corrected chi connectivity index (χ4v) is 3.33. The molecule has 1 aromatic heterocycles. The zero-order valence-electron chi connectivity index (χ0n) is 13.5. The SMILES string of the molecule is COc1ccc2c(c1OC)OC1(c3ncco3)CC2NC(=O)N1C. The largest absolute Gasteiger partial charge is 0.493 e. The monoisotopic (exact) mass is 331 g/mol. The van der Waals surface area contributed by atoms with E-state index in [4.69, 9.17) is 18.6 Å². The van der Waals surface area contributed by atoms with Gasteiger partial charge in [0.25, 0.3) is 11.6 Å². The van der Waals surface area contributed by atoms with Gasteiger partial charge in [-0.1, -0.05) is 0 Å². The van der Waals surface area contributed by atoms with Crippen LogP contribution in [-0.4, -0.2) is 37.2 Å². The lowest BCUT2D eigenvalue weighted by Crippen LogP contribution is -2.62. The molecule has 2 amide bonds. The molecule has 0 radical (unpaired) electrons. The minimum Gasteiger partial charge on any atom is -0.493 e. The highest BCUT2D eigenvalue weighted by molar-refractivity contribution is 5.77. The number of fused-ring (bicyclic) bond motifs is 4. The Morgan fingerprint density at radius 2 is 2.21 bits per heavy atom. The highest BCUT2D eigenvalue weighted by Gasteiger charge is 2.56. The van der Waals surface area contributed by atoms with E-state index in [1.165, 1.54) is 17.4 Å². The smallest absolute Gasteiger partial charge is 0.321 e. The van der Waals surface area contributed by atoms with E-state index < -0.39 is 5.72 Å². The van der Waals surface area contributed by atoms with Gasteiger partial charge in [-0.3, -0.25) is 4.90 Å². The molecule has 4 rings (SSSR count). The van der Waals surface area contributed by atoms with Crippen molar-refractivity contribution in [2.75, 3.05) is 21.3 Å². The predicted molar refractivity (Wildman–Crippen MR) is 82.0 cm³/mol. The van der Waals surface area contributed by atoms with Crippen LogP contribution < -0.4 is 19.5 Å². The Balaban J connectivity index is 1.94. The molecule has 2 unspecified atom stereocenters. The van der Waals surface area contributed by atoms with Crippen molar-refractivity contribution in [2.24, 2.45) is 0 Å². The molecule has 0 saturated carbocycles. The molecule has 2 aromatic rings. The number of carbonyl (C=O) groups is 1. The zero-order chi connectivity index (χ0) is 16.9. The van der Waals surface area contributed by atoms with Crippen LogP contribution in [0.15, 0.2) is 29.0 Å². The fraction of sp³-hybridized carbons (Fsp3) is 0.375. The summed E-state index contributed by atoms with van der Waals surface area (Å²) in [5.74, 6) is 1.85. The average molecular weight is 331 g/mol. The first kappa shape index (κ1) is 14.7. The van der Waals surface area contributed by atoms with Crippen molar-refractivity contribution in [3.05, 3.63) is 36.0 Å². The van der Waals surface area contributed by atoms with Gasteiger partial charge in [0.15, 0.2) is 11.5 Å². The summed E-state index contributed by atoms with van der Waals surface area (Å²) in [6.07, 6.45) is 3.46. The van der Waals surface area contributed by atoms with Gasteiger partial charge in [0.05, 0.1) is 26.5 Å². The molecular weight excluding hydrogens is 314 g/mol. The van der Waals surface area contributed by atoms with E-state index in [1.807, 2.05) is 6.07 Å². The van der Waals surface area contributed by atoms with Crippen LogP contribution in [0, 0.1) is 0 Å². The van der Waals surface area contributed by atoms with Gasteiger partial charge in [0, 0.05) is 19.0 Å². The third-order valence-corrected chi connectivity index (χ3v) is 4.57. The van der Waals surface area contributed by atoms with Gasteiger partial charge in [0.1, 0.15) is 6.26 Å². The maximum Gasteiger partial charge on any atom is 0.321 e. The number of hydrogen-bond donors (Lipinski definition) is 1. The number of nitrogens with one attached hydrogen (secondary N) is 1. The van der Waals surface area contributed by atoms with Crippen LogP contribution in [0.25, 0.3) is 0 Å². The number of hydrogen-bond acceptors (Lipinski definition) is 6. The number of benzene rings is 1. The molecule has 2 bridgehead atoms. The van der Waals surface area contributed by atoms with Crippen LogP contribution in [0.2, 0.25) is 0 Å². The molecule has 0 spiro atoms. The Kier molecular flexibility index (Phi) is 3.09. The van der Waals surface area contributed by atoms with Crippen molar-refractivity contribution in [1.29, 1.82) is 0 Å². The molecule has 3 heterocycles. The van der Waals surface area contributed by atoms with E-state index in [2.05, 4.69) is 10.3 Å². The molecule has 2 aliphatic heterocycles. The van der Waals surface area contributed by atoms with Gasteiger partial charge in [-0.2, -0.15) is 0 Å². The van der Waals surface area contributed by atoms with Crippen LogP contribution in [0.1, 0.15) is 23.9 Å². The van der Waals surface area contributed by atoms with Crippen molar-refractivity contribution < 1.29 is 23.4 Å². The summed E-state index contributed by atoms with van der Waals surface area (Å²) in [6.45, 7) is 0. The lowest BCUT2D eigenvalue weighted by Gasteiger charge is -2.49. The van der Waals surface area contributed by atoms with Crippen LogP contribution in [0.5, 0.6) is 17.2 Å². The van der Waals surface area contributed by atoms with Crippen molar-refractivity contribution in [2.45, 2.75) is 18.2 Å². The predicted octanol–water partition coefficient (Wildman–Crippen LogP) is 2.02. The normalized spacial score (nSPS) is 24.7. The minimum absolute atomic E-state index is 0.246. The van der Waals surface area contributed by atoms with E-state index in [0.717, 1.165) is 5.56 Å². The molecule has 1 saturated heterocycles. The number of rotatable bonds is 3. The standard InChI is InChI=1S/C16H17N3O5/c1-19-15(20)18-10-8-16(19,14-17-6-7-23-14)24-12-9(10)4-5-11(21-2)13(12)22-3/h4-7,10H,8H2,1-3H3,(H,18,20). The number of aromatic nitrogens is 1. The highest BCUT2D eigenvalue weighted by Crippen LogP contribution is 2.53. The summed E-state index contributed by atoms with van der Waals surface area (Å²) in [5, 5.41) is 2.97. The summed E-state index contributed by atoms with van der Waals surface area (Å²) < 4.78 is 22.6. The summed E-state index contributed by atoms with van der Waals surface area (Å²) in [5.41, 5.74) is -0.306. The molecule has 2 aliphatic rings. The van der Waals surface area contributed by atoms with Gasteiger partial charge in [0.2, 0.25) is 5.75 Å². The molecule has 1 N–H and O–H groups in total. The number of methoxy groups -OCH3 is 2. The molecule has 8 heteroatoms. The van der Waals surface area contributed by atoms with Crippen molar-refractivity contribution >= 4 is 6.03 Å². The Labute approximate surface area is 138 Å². The molecule has 126 valence electrons. The maximum absolute atomic E-state index is 12.4. The third-order valence-electron chi connectivity index (χ3n) is 4.57. The van der Waals surface area contributed by atoms with Crippen LogP contribution in [-0.2, 0) is 5.72 Å².